The van der Waals surface area contributed by atoms with Gasteiger partial charge in [0.1, 0.15) is 0 Å². The predicted molar refractivity (Wildman–Crippen MR) is 106 cm³/mol. The second kappa shape index (κ2) is 7.14. The Bertz CT molecular complexity index is 1150. The van der Waals surface area contributed by atoms with Crippen molar-refractivity contribution in [3.63, 3.8) is 0 Å². The summed E-state index contributed by atoms with van der Waals surface area (Å²) in [4.78, 5) is 27.8. The van der Waals surface area contributed by atoms with Crippen LogP contribution in [0.4, 0.5) is 0 Å². The summed E-state index contributed by atoms with van der Waals surface area (Å²) >= 11 is 1.57. The molecule has 4 heterocycles. The van der Waals surface area contributed by atoms with E-state index in [0.29, 0.717) is 36.2 Å². The van der Waals surface area contributed by atoms with Gasteiger partial charge in [0.05, 0.1) is 22.7 Å². The number of benzene rings is 1. The lowest BCUT2D eigenvalue weighted by Crippen LogP contribution is -2.35. The second-order valence-electron chi connectivity index (χ2n) is 6.66. The molecule has 28 heavy (non-hydrogen) atoms. The molecule has 0 fully saturated rings. The van der Waals surface area contributed by atoms with Crippen molar-refractivity contribution < 1.29 is 4.52 Å². The van der Waals surface area contributed by atoms with E-state index in [9.17, 15) is 4.79 Å². The van der Waals surface area contributed by atoms with Crippen LogP contribution in [0.3, 0.4) is 0 Å². The number of H-pyrrole nitrogens is 1. The van der Waals surface area contributed by atoms with Gasteiger partial charge in [-0.1, -0.05) is 41.6 Å². The van der Waals surface area contributed by atoms with Crippen molar-refractivity contribution in [1.29, 1.82) is 0 Å². The van der Waals surface area contributed by atoms with Gasteiger partial charge in [0, 0.05) is 25.1 Å². The summed E-state index contributed by atoms with van der Waals surface area (Å²) in [6.45, 7) is 1.81. The standard InChI is InChI=1S/C20H17N5O2S/c26-20-14-11-25(9-8-15(14)21-19(23-20)16-7-4-10-28-16)12-17-22-18(24-27-17)13-5-2-1-3-6-13/h1-7,10H,8-9,11-12H2,(H,21,23,26). The fourth-order valence-corrected chi connectivity index (χ4v) is 4.03. The number of rotatable bonds is 4. The van der Waals surface area contributed by atoms with Crippen LogP contribution in [-0.2, 0) is 19.5 Å². The van der Waals surface area contributed by atoms with E-state index in [-0.39, 0.29) is 5.56 Å². The highest BCUT2D eigenvalue weighted by Crippen LogP contribution is 2.23. The molecule has 0 amide bonds. The van der Waals surface area contributed by atoms with Crippen molar-refractivity contribution in [2.75, 3.05) is 6.54 Å². The van der Waals surface area contributed by atoms with E-state index < -0.39 is 0 Å². The third-order valence-electron chi connectivity index (χ3n) is 4.76. The molecule has 0 saturated carbocycles. The van der Waals surface area contributed by atoms with E-state index in [1.807, 2.05) is 47.8 Å². The summed E-state index contributed by atoms with van der Waals surface area (Å²) in [5.41, 5.74) is 2.44. The molecule has 0 aliphatic carbocycles. The van der Waals surface area contributed by atoms with E-state index in [0.717, 1.165) is 29.1 Å². The summed E-state index contributed by atoms with van der Waals surface area (Å²) in [5, 5.41) is 6.04. The first-order valence-corrected chi connectivity index (χ1v) is 9.90. The van der Waals surface area contributed by atoms with Gasteiger partial charge in [-0.15, -0.1) is 11.3 Å². The zero-order chi connectivity index (χ0) is 18.9. The second-order valence-corrected chi connectivity index (χ2v) is 7.60. The van der Waals surface area contributed by atoms with Crippen molar-refractivity contribution >= 4 is 11.3 Å². The van der Waals surface area contributed by atoms with Crippen LogP contribution in [0, 0.1) is 0 Å². The van der Waals surface area contributed by atoms with Gasteiger partial charge in [-0.25, -0.2) is 4.98 Å². The molecular formula is C20H17N5O2S. The third kappa shape index (κ3) is 3.28. The molecule has 3 aromatic heterocycles. The largest absolute Gasteiger partial charge is 0.338 e. The average molecular weight is 391 g/mol. The maximum Gasteiger partial charge on any atom is 0.255 e. The molecule has 0 atom stereocenters. The van der Waals surface area contributed by atoms with Crippen molar-refractivity contribution in [1.82, 2.24) is 25.0 Å². The molecule has 4 aromatic rings. The molecule has 140 valence electrons. The smallest absolute Gasteiger partial charge is 0.255 e. The Hall–Kier alpha value is -3.10. The molecule has 1 aromatic carbocycles. The number of thiophene rings is 1. The Morgan fingerprint density at radius 3 is 2.86 bits per heavy atom. The quantitative estimate of drug-likeness (QED) is 0.575. The molecule has 0 saturated heterocycles. The molecule has 0 spiro atoms. The maximum atomic E-state index is 12.6. The van der Waals surface area contributed by atoms with E-state index in [4.69, 9.17) is 4.52 Å². The normalized spacial score (nSPS) is 14.1. The molecule has 5 rings (SSSR count). The Morgan fingerprint density at radius 2 is 2.04 bits per heavy atom. The lowest BCUT2D eigenvalue weighted by atomic mass is 10.1. The van der Waals surface area contributed by atoms with Crippen LogP contribution >= 0.6 is 11.3 Å². The van der Waals surface area contributed by atoms with Crippen LogP contribution in [0.5, 0.6) is 0 Å². The molecule has 0 bridgehead atoms. The molecular weight excluding hydrogens is 374 g/mol. The van der Waals surface area contributed by atoms with Crippen molar-refractivity contribution in [2.45, 2.75) is 19.5 Å². The summed E-state index contributed by atoms with van der Waals surface area (Å²) in [5.74, 6) is 1.77. The zero-order valence-corrected chi connectivity index (χ0v) is 15.8. The van der Waals surface area contributed by atoms with Crippen LogP contribution < -0.4 is 5.56 Å². The fourth-order valence-electron chi connectivity index (χ4n) is 3.36. The fraction of sp³-hybridized carbons (Fsp3) is 0.200. The number of hydrogen-bond acceptors (Lipinski definition) is 7. The van der Waals surface area contributed by atoms with Crippen LogP contribution in [0.2, 0.25) is 0 Å². The van der Waals surface area contributed by atoms with Gasteiger partial charge in [0.2, 0.25) is 11.7 Å². The lowest BCUT2D eigenvalue weighted by molar-refractivity contribution is 0.208. The van der Waals surface area contributed by atoms with Gasteiger partial charge >= 0.3 is 0 Å². The first-order valence-electron chi connectivity index (χ1n) is 9.02. The van der Waals surface area contributed by atoms with Crippen LogP contribution in [0.15, 0.2) is 57.2 Å². The Labute approximate surface area is 164 Å². The minimum absolute atomic E-state index is 0.0754. The molecule has 0 radical (unpaired) electrons. The summed E-state index contributed by atoms with van der Waals surface area (Å²) < 4.78 is 5.41. The number of aromatic amines is 1. The monoisotopic (exact) mass is 391 g/mol. The van der Waals surface area contributed by atoms with E-state index in [1.54, 1.807) is 11.3 Å². The van der Waals surface area contributed by atoms with Gasteiger partial charge in [-0.05, 0) is 11.4 Å². The highest BCUT2D eigenvalue weighted by molar-refractivity contribution is 7.13. The first kappa shape index (κ1) is 17.0. The van der Waals surface area contributed by atoms with Crippen molar-refractivity contribution in [3.8, 4) is 22.1 Å². The van der Waals surface area contributed by atoms with E-state index in [1.165, 1.54) is 0 Å². The van der Waals surface area contributed by atoms with E-state index >= 15 is 0 Å². The SMILES string of the molecule is O=c1[nH]c(-c2cccs2)nc2c1CN(Cc1nc(-c3ccccc3)no1)CC2. The number of nitrogens with zero attached hydrogens (tertiary/aromatic N) is 4. The topological polar surface area (TPSA) is 87.9 Å². The maximum absolute atomic E-state index is 12.6. The number of fused-ring (bicyclic) bond motifs is 1. The zero-order valence-electron chi connectivity index (χ0n) is 15.0. The van der Waals surface area contributed by atoms with Gasteiger partial charge in [-0.2, -0.15) is 4.98 Å². The summed E-state index contributed by atoms with van der Waals surface area (Å²) in [7, 11) is 0. The number of aromatic nitrogens is 4. The molecule has 1 aliphatic rings. The van der Waals surface area contributed by atoms with Crippen LogP contribution in [-0.4, -0.2) is 31.6 Å². The van der Waals surface area contributed by atoms with Gasteiger partial charge in [0.25, 0.3) is 5.56 Å². The molecule has 1 N–H and O–H groups in total. The third-order valence-corrected chi connectivity index (χ3v) is 5.64. The average Bonchev–Trinajstić information content (AvgIpc) is 3.41. The van der Waals surface area contributed by atoms with Gasteiger partial charge < -0.3 is 9.51 Å². The number of nitrogens with one attached hydrogen (secondary N) is 1. The highest BCUT2D eigenvalue weighted by atomic mass is 32.1. The number of hydrogen-bond donors (Lipinski definition) is 1. The predicted octanol–water partition coefficient (Wildman–Crippen LogP) is 3.11. The summed E-state index contributed by atoms with van der Waals surface area (Å²) in [6.07, 6.45) is 0.720. The minimum Gasteiger partial charge on any atom is -0.338 e. The van der Waals surface area contributed by atoms with Crippen LogP contribution in [0.25, 0.3) is 22.1 Å². The Morgan fingerprint density at radius 1 is 1.14 bits per heavy atom. The molecule has 8 heteroatoms. The van der Waals surface area contributed by atoms with Crippen molar-refractivity contribution in [3.05, 3.63) is 75.3 Å². The van der Waals surface area contributed by atoms with Gasteiger partial charge in [-0.3, -0.25) is 9.69 Å². The van der Waals surface area contributed by atoms with Crippen LogP contribution in [0.1, 0.15) is 17.1 Å². The van der Waals surface area contributed by atoms with Crippen molar-refractivity contribution in [2.24, 2.45) is 0 Å². The minimum atomic E-state index is -0.0754. The first-order chi connectivity index (χ1) is 13.8. The van der Waals surface area contributed by atoms with E-state index in [2.05, 4.69) is 25.0 Å². The lowest BCUT2D eigenvalue weighted by Gasteiger charge is -2.26. The Balaban J connectivity index is 1.34. The highest BCUT2D eigenvalue weighted by Gasteiger charge is 2.23. The molecule has 1 aliphatic heterocycles. The Kier molecular flexibility index (Phi) is 4.34. The summed E-state index contributed by atoms with van der Waals surface area (Å²) in [6, 6.07) is 13.6. The van der Waals surface area contributed by atoms with Gasteiger partial charge in [0.15, 0.2) is 5.82 Å². The molecule has 0 unspecified atom stereocenters. The molecule has 7 nitrogen and oxygen atoms in total.